The zero-order valence-electron chi connectivity index (χ0n) is 11.1. The molecular weight excluding hydrogens is 314 g/mol. The number of nitrogens with one attached hydrogen (secondary N) is 1. The minimum absolute atomic E-state index is 0.729. The largest absolute Gasteiger partial charge is 0.379 e. The van der Waals surface area contributed by atoms with Crippen molar-refractivity contribution >= 4 is 32.5 Å². The van der Waals surface area contributed by atoms with Crippen LogP contribution in [0.2, 0.25) is 0 Å². The van der Waals surface area contributed by atoms with Crippen LogP contribution in [0.1, 0.15) is 11.1 Å². The van der Waals surface area contributed by atoms with Crippen LogP contribution in [0.25, 0.3) is 10.9 Å². The Hall–Kier alpha value is -1.94. The molecule has 0 unspecified atom stereocenters. The molecule has 0 amide bonds. The van der Waals surface area contributed by atoms with Gasteiger partial charge in [0.2, 0.25) is 0 Å². The van der Waals surface area contributed by atoms with Crippen LogP contribution < -0.4 is 5.32 Å². The summed E-state index contributed by atoms with van der Waals surface area (Å²) in [6.45, 7) is 2.80. The van der Waals surface area contributed by atoms with Gasteiger partial charge in [-0.05, 0) is 36.2 Å². The van der Waals surface area contributed by atoms with Gasteiger partial charge in [0.1, 0.15) is 0 Å². The molecule has 3 aromatic rings. The number of nitrogens with zero attached hydrogens (tertiary/aromatic N) is 2. The summed E-state index contributed by atoms with van der Waals surface area (Å²) in [5, 5.41) is 4.56. The lowest BCUT2D eigenvalue weighted by Crippen LogP contribution is -2.02. The predicted octanol–water partition coefficient (Wildman–Crippen LogP) is 4.31. The van der Waals surface area contributed by atoms with E-state index in [4.69, 9.17) is 0 Å². The van der Waals surface area contributed by atoms with E-state index in [1.54, 1.807) is 6.20 Å². The summed E-state index contributed by atoms with van der Waals surface area (Å²) in [7, 11) is 0. The highest BCUT2D eigenvalue weighted by Gasteiger charge is 2.06. The summed E-state index contributed by atoms with van der Waals surface area (Å²) in [6, 6.07) is 10.2. The molecule has 0 aliphatic heterocycles. The van der Waals surface area contributed by atoms with Gasteiger partial charge >= 0.3 is 0 Å². The molecule has 3 nitrogen and oxygen atoms in total. The number of pyridine rings is 2. The molecule has 0 fully saturated rings. The fraction of sp³-hybridized carbons (Fsp3) is 0.125. The molecule has 100 valence electrons. The second-order valence-electron chi connectivity index (χ2n) is 4.65. The summed E-state index contributed by atoms with van der Waals surface area (Å²) in [6.07, 6.45) is 5.48. The Balaban J connectivity index is 1.92. The van der Waals surface area contributed by atoms with Gasteiger partial charge in [0, 0.05) is 28.8 Å². The Kier molecular flexibility index (Phi) is 3.65. The first-order valence-corrected chi connectivity index (χ1v) is 7.21. The summed E-state index contributed by atoms with van der Waals surface area (Å²) < 4.78 is 1.07. The molecule has 20 heavy (non-hydrogen) atoms. The summed E-state index contributed by atoms with van der Waals surface area (Å²) in [4.78, 5) is 8.64. The maximum absolute atomic E-state index is 4.49. The van der Waals surface area contributed by atoms with Crippen molar-refractivity contribution in [3.63, 3.8) is 0 Å². The first kappa shape index (κ1) is 13.1. The number of hydrogen-bond acceptors (Lipinski definition) is 3. The number of halogens is 1. The molecule has 0 radical (unpaired) electrons. The van der Waals surface area contributed by atoms with Gasteiger partial charge in [-0.25, -0.2) is 0 Å². The minimum Gasteiger partial charge on any atom is -0.379 e. The van der Waals surface area contributed by atoms with Crippen LogP contribution in [0.5, 0.6) is 0 Å². The molecule has 0 aliphatic rings. The lowest BCUT2D eigenvalue weighted by Gasteiger charge is -2.11. The summed E-state index contributed by atoms with van der Waals surface area (Å²) >= 11 is 3.57. The first-order chi connectivity index (χ1) is 9.75. The lowest BCUT2D eigenvalue weighted by molar-refractivity contribution is 1.13. The number of aromatic nitrogens is 2. The first-order valence-electron chi connectivity index (χ1n) is 6.42. The average Bonchev–Trinajstić information content (AvgIpc) is 2.48. The maximum Gasteiger partial charge on any atom is 0.0763 e. The molecule has 0 spiro atoms. The van der Waals surface area contributed by atoms with Crippen LogP contribution in [-0.2, 0) is 6.54 Å². The van der Waals surface area contributed by atoms with Crippen molar-refractivity contribution in [1.82, 2.24) is 9.97 Å². The van der Waals surface area contributed by atoms with Crippen LogP contribution in [-0.4, -0.2) is 9.97 Å². The van der Waals surface area contributed by atoms with Gasteiger partial charge in [0.25, 0.3) is 0 Å². The monoisotopic (exact) mass is 327 g/mol. The summed E-state index contributed by atoms with van der Waals surface area (Å²) in [5.41, 5.74) is 4.44. The zero-order chi connectivity index (χ0) is 13.9. The fourth-order valence-corrected chi connectivity index (χ4v) is 2.63. The minimum atomic E-state index is 0.729. The average molecular weight is 328 g/mol. The maximum atomic E-state index is 4.49. The second-order valence-corrected chi connectivity index (χ2v) is 5.50. The van der Waals surface area contributed by atoms with Crippen molar-refractivity contribution in [2.75, 3.05) is 5.32 Å². The van der Waals surface area contributed by atoms with Gasteiger partial charge in [-0.2, -0.15) is 0 Å². The third-order valence-electron chi connectivity index (χ3n) is 3.31. The molecule has 2 heterocycles. The SMILES string of the molecule is Cc1ccncc1NCc1ccc(Br)c2cccnc12. The molecule has 0 saturated carbocycles. The molecule has 4 heteroatoms. The Bertz CT molecular complexity index is 756. The van der Waals surface area contributed by atoms with Crippen LogP contribution in [0.4, 0.5) is 5.69 Å². The molecular formula is C16H14BrN3. The Morgan fingerprint density at radius 3 is 2.90 bits per heavy atom. The molecule has 0 bridgehead atoms. The van der Waals surface area contributed by atoms with E-state index in [-0.39, 0.29) is 0 Å². The number of fused-ring (bicyclic) bond motifs is 1. The van der Waals surface area contributed by atoms with E-state index in [2.05, 4.69) is 56.3 Å². The second kappa shape index (κ2) is 5.59. The van der Waals surface area contributed by atoms with E-state index >= 15 is 0 Å². The molecule has 1 N–H and O–H groups in total. The van der Waals surface area contributed by atoms with Crippen LogP contribution in [0, 0.1) is 6.92 Å². The Morgan fingerprint density at radius 1 is 1.15 bits per heavy atom. The van der Waals surface area contributed by atoms with E-state index < -0.39 is 0 Å². The Morgan fingerprint density at radius 2 is 2.05 bits per heavy atom. The van der Waals surface area contributed by atoms with Crippen LogP contribution in [0.15, 0.2) is 53.4 Å². The van der Waals surface area contributed by atoms with Crippen molar-refractivity contribution in [2.24, 2.45) is 0 Å². The molecule has 0 atom stereocenters. The van der Waals surface area contributed by atoms with Crippen LogP contribution >= 0.6 is 15.9 Å². The predicted molar refractivity (Wildman–Crippen MR) is 85.7 cm³/mol. The Labute approximate surface area is 126 Å². The molecule has 1 aromatic carbocycles. The van der Waals surface area contributed by atoms with E-state index in [0.29, 0.717) is 0 Å². The van der Waals surface area contributed by atoms with Gasteiger partial charge in [0.15, 0.2) is 0 Å². The summed E-state index contributed by atoms with van der Waals surface area (Å²) in [5.74, 6) is 0. The van der Waals surface area contributed by atoms with Crippen molar-refractivity contribution in [2.45, 2.75) is 13.5 Å². The zero-order valence-corrected chi connectivity index (χ0v) is 12.7. The van der Waals surface area contributed by atoms with E-state index in [9.17, 15) is 0 Å². The van der Waals surface area contributed by atoms with E-state index in [1.165, 1.54) is 11.1 Å². The third-order valence-corrected chi connectivity index (χ3v) is 4.00. The van der Waals surface area contributed by atoms with Gasteiger partial charge in [0.05, 0.1) is 17.4 Å². The van der Waals surface area contributed by atoms with Gasteiger partial charge in [-0.15, -0.1) is 0 Å². The van der Waals surface area contributed by atoms with E-state index in [1.807, 2.05) is 24.5 Å². The van der Waals surface area contributed by atoms with Crippen LogP contribution in [0.3, 0.4) is 0 Å². The topological polar surface area (TPSA) is 37.8 Å². The van der Waals surface area contributed by atoms with E-state index in [0.717, 1.165) is 27.6 Å². The normalized spacial score (nSPS) is 10.7. The highest BCUT2D eigenvalue weighted by atomic mass is 79.9. The smallest absolute Gasteiger partial charge is 0.0763 e. The molecule has 2 aromatic heterocycles. The highest BCUT2D eigenvalue weighted by Crippen LogP contribution is 2.26. The molecule has 0 saturated heterocycles. The van der Waals surface area contributed by atoms with Crippen molar-refractivity contribution < 1.29 is 0 Å². The van der Waals surface area contributed by atoms with Gasteiger partial charge in [-0.3, -0.25) is 9.97 Å². The third kappa shape index (κ3) is 2.51. The fourth-order valence-electron chi connectivity index (χ4n) is 2.18. The number of benzene rings is 1. The standard InChI is InChI=1S/C16H14BrN3/c1-11-6-8-18-10-15(11)20-9-12-4-5-14(17)13-3-2-7-19-16(12)13/h2-8,10,20H,9H2,1H3. The number of rotatable bonds is 3. The van der Waals surface area contributed by atoms with Crippen molar-refractivity contribution in [1.29, 1.82) is 0 Å². The lowest BCUT2D eigenvalue weighted by atomic mass is 10.1. The molecule has 3 rings (SSSR count). The number of anilines is 1. The molecule has 0 aliphatic carbocycles. The quantitative estimate of drug-likeness (QED) is 0.778. The number of aryl methyl sites for hydroxylation is 1. The highest BCUT2D eigenvalue weighted by molar-refractivity contribution is 9.10. The van der Waals surface area contributed by atoms with Crippen molar-refractivity contribution in [3.05, 3.63) is 64.5 Å². The van der Waals surface area contributed by atoms with Gasteiger partial charge in [-0.1, -0.05) is 28.1 Å². The van der Waals surface area contributed by atoms with Crippen molar-refractivity contribution in [3.8, 4) is 0 Å². The van der Waals surface area contributed by atoms with Gasteiger partial charge < -0.3 is 5.32 Å². The number of hydrogen-bond donors (Lipinski definition) is 1.